The lowest BCUT2D eigenvalue weighted by molar-refractivity contribution is -0.149. The van der Waals surface area contributed by atoms with Crippen LogP contribution in [-0.2, 0) is 14.3 Å². The zero-order valence-electron chi connectivity index (χ0n) is 6.53. The van der Waals surface area contributed by atoms with E-state index >= 15 is 0 Å². The molecule has 0 aromatic heterocycles. The van der Waals surface area contributed by atoms with Crippen molar-refractivity contribution in [2.45, 2.75) is 18.6 Å². The summed E-state index contributed by atoms with van der Waals surface area (Å²) in [7, 11) is 0. The first-order valence-corrected chi connectivity index (χ1v) is 3.67. The van der Waals surface area contributed by atoms with Crippen molar-refractivity contribution in [3.05, 3.63) is 0 Å². The first kappa shape index (κ1) is 8.97. The van der Waals surface area contributed by atoms with Crippen LogP contribution < -0.4 is 5.73 Å². The van der Waals surface area contributed by atoms with Crippen LogP contribution in [0.1, 0.15) is 6.42 Å². The molecule has 0 bridgehead atoms. The first-order valence-electron chi connectivity index (χ1n) is 3.67. The largest absolute Gasteiger partial charge is 0.458 e. The molecule has 2 unspecified atom stereocenters. The van der Waals surface area contributed by atoms with Gasteiger partial charge in [0.1, 0.15) is 6.10 Å². The lowest BCUT2D eigenvalue weighted by atomic mass is 10.3. The average molecular weight is 170 g/mol. The van der Waals surface area contributed by atoms with E-state index in [1.54, 1.807) is 6.07 Å². The van der Waals surface area contributed by atoms with Gasteiger partial charge in [-0.2, -0.15) is 5.26 Å². The number of carbonyl (C=O) groups excluding carboxylic acids is 1. The van der Waals surface area contributed by atoms with Crippen LogP contribution in [-0.4, -0.2) is 31.3 Å². The van der Waals surface area contributed by atoms with Gasteiger partial charge < -0.3 is 15.2 Å². The highest BCUT2D eigenvalue weighted by Gasteiger charge is 2.23. The third kappa shape index (κ3) is 2.19. The summed E-state index contributed by atoms with van der Waals surface area (Å²) < 4.78 is 9.82. The fraction of sp³-hybridized carbons (Fsp3) is 0.714. The number of carbonyl (C=O) groups is 1. The quantitative estimate of drug-likeness (QED) is 0.546. The van der Waals surface area contributed by atoms with Gasteiger partial charge in [0.2, 0.25) is 0 Å². The molecular formula is C7H10N2O3. The van der Waals surface area contributed by atoms with Gasteiger partial charge in [-0.3, -0.25) is 0 Å². The van der Waals surface area contributed by atoms with Gasteiger partial charge in [0.05, 0.1) is 19.3 Å². The van der Waals surface area contributed by atoms with Crippen molar-refractivity contribution in [1.82, 2.24) is 0 Å². The second kappa shape index (κ2) is 4.04. The molecule has 1 aliphatic rings. The maximum atomic E-state index is 10.9. The lowest BCUT2D eigenvalue weighted by Crippen LogP contribution is -2.33. The Kier molecular flexibility index (Phi) is 3.02. The fourth-order valence-corrected chi connectivity index (χ4v) is 0.896. The molecule has 0 aromatic carbocycles. The monoisotopic (exact) mass is 170 g/mol. The number of esters is 1. The Bertz CT molecular complexity index is 205. The number of nitrogens with zero attached hydrogens (tertiary/aromatic N) is 1. The van der Waals surface area contributed by atoms with Crippen LogP contribution in [0, 0.1) is 11.3 Å². The molecule has 0 spiro atoms. The van der Waals surface area contributed by atoms with Crippen LogP contribution in [0.25, 0.3) is 0 Å². The molecule has 1 rings (SSSR count). The van der Waals surface area contributed by atoms with Crippen LogP contribution >= 0.6 is 0 Å². The fourth-order valence-electron chi connectivity index (χ4n) is 0.896. The molecule has 0 saturated carbocycles. The maximum Gasteiger partial charge on any atom is 0.338 e. The van der Waals surface area contributed by atoms with Crippen molar-refractivity contribution < 1.29 is 14.3 Å². The minimum atomic E-state index is -1.18. The molecule has 1 saturated heterocycles. The zero-order valence-corrected chi connectivity index (χ0v) is 6.53. The number of hydrogen-bond donors (Lipinski definition) is 1. The zero-order chi connectivity index (χ0) is 8.97. The number of ether oxygens (including phenoxy) is 2. The molecule has 5 heteroatoms. The van der Waals surface area contributed by atoms with Gasteiger partial charge in [-0.05, 0) is 0 Å². The van der Waals surface area contributed by atoms with Crippen molar-refractivity contribution in [1.29, 1.82) is 5.26 Å². The van der Waals surface area contributed by atoms with Gasteiger partial charge in [0, 0.05) is 6.42 Å². The van der Waals surface area contributed by atoms with Crippen molar-refractivity contribution in [2.24, 2.45) is 5.73 Å². The standard InChI is InChI=1S/C7H10N2O3/c8-3-6(9)7(10)12-5-1-2-11-4-5/h5-6H,1-2,4,9H2. The molecule has 12 heavy (non-hydrogen) atoms. The predicted molar refractivity (Wildman–Crippen MR) is 38.9 cm³/mol. The average Bonchev–Trinajstić information content (AvgIpc) is 2.55. The number of nitrogens with two attached hydrogens (primary N) is 1. The molecule has 0 aliphatic carbocycles. The Morgan fingerprint density at radius 1 is 1.83 bits per heavy atom. The van der Waals surface area contributed by atoms with Crippen molar-refractivity contribution in [2.75, 3.05) is 13.2 Å². The van der Waals surface area contributed by atoms with Crippen LogP contribution in [0.2, 0.25) is 0 Å². The predicted octanol–water partition coefficient (Wildman–Crippen LogP) is -0.831. The van der Waals surface area contributed by atoms with E-state index in [0.717, 1.165) is 0 Å². The molecule has 2 N–H and O–H groups in total. The Morgan fingerprint density at radius 3 is 3.08 bits per heavy atom. The van der Waals surface area contributed by atoms with Gasteiger partial charge in [0.15, 0.2) is 6.04 Å². The van der Waals surface area contributed by atoms with Crippen LogP contribution in [0.5, 0.6) is 0 Å². The molecule has 0 amide bonds. The minimum Gasteiger partial charge on any atom is -0.458 e. The highest BCUT2D eigenvalue weighted by atomic mass is 16.6. The molecule has 2 atom stereocenters. The van der Waals surface area contributed by atoms with Crippen molar-refractivity contribution in [3.8, 4) is 6.07 Å². The highest BCUT2D eigenvalue weighted by molar-refractivity contribution is 5.78. The minimum absolute atomic E-state index is 0.225. The second-order valence-electron chi connectivity index (χ2n) is 2.53. The molecule has 0 aromatic rings. The van der Waals surface area contributed by atoms with Gasteiger partial charge >= 0.3 is 5.97 Å². The van der Waals surface area contributed by atoms with Gasteiger partial charge in [0.25, 0.3) is 0 Å². The Balaban J connectivity index is 2.31. The van der Waals surface area contributed by atoms with Crippen LogP contribution in [0.15, 0.2) is 0 Å². The first-order chi connectivity index (χ1) is 5.74. The molecule has 0 radical (unpaired) electrons. The summed E-state index contributed by atoms with van der Waals surface area (Å²) in [5, 5.41) is 8.27. The maximum absolute atomic E-state index is 10.9. The summed E-state index contributed by atoms with van der Waals surface area (Å²) in [4.78, 5) is 10.9. The van der Waals surface area contributed by atoms with Crippen molar-refractivity contribution in [3.63, 3.8) is 0 Å². The normalized spacial score (nSPS) is 24.5. The smallest absolute Gasteiger partial charge is 0.338 e. The van der Waals surface area contributed by atoms with E-state index in [4.69, 9.17) is 20.5 Å². The topological polar surface area (TPSA) is 85.3 Å². The lowest BCUT2D eigenvalue weighted by Gasteiger charge is -2.10. The van der Waals surface area contributed by atoms with E-state index < -0.39 is 12.0 Å². The van der Waals surface area contributed by atoms with E-state index in [1.165, 1.54) is 0 Å². The molecule has 66 valence electrons. The Morgan fingerprint density at radius 2 is 2.58 bits per heavy atom. The second-order valence-corrected chi connectivity index (χ2v) is 2.53. The van der Waals surface area contributed by atoms with E-state index in [2.05, 4.69) is 0 Å². The third-order valence-corrected chi connectivity index (χ3v) is 1.56. The molecular weight excluding hydrogens is 160 g/mol. The Labute approximate surface area is 70.0 Å². The SMILES string of the molecule is N#CC(N)C(=O)OC1CCOC1. The summed E-state index contributed by atoms with van der Waals surface area (Å²) in [6.07, 6.45) is 0.459. The molecule has 1 fully saturated rings. The van der Waals surface area contributed by atoms with Gasteiger partial charge in [-0.15, -0.1) is 0 Å². The summed E-state index contributed by atoms with van der Waals surface area (Å²) in [5.74, 6) is -0.673. The number of rotatable bonds is 2. The number of hydrogen-bond acceptors (Lipinski definition) is 5. The van der Waals surface area contributed by atoms with E-state index in [9.17, 15) is 4.79 Å². The summed E-state index contributed by atoms with van der Waals surface area (Å²) in [6.45, 7) is 1.00. The third-order valence-electron chi connectivity index (χ3n) is 1.56. The van der Waals surface area contributed by atoms with Crippen molar-refractivity contribution >= 4 is 5.97 Å². The van der Waals surface area contributed by atoms with Gasteiger partial charge in [-0.25, -0.2) is 4.79 Å². The van der Waals surface area contributed by atoms with Crippen LogP contribution in [0.4, 0.5) is 0 Å². The molecule has 1 aliphatic heterocycles. The van der Waals surface area contributed by atoms with E-state index in [1.807, 2.05) is 0 Å². The van der Waals surface area contributed by atoms with E-state index in [0.29, 0.717) is 19.6 Å². The Hall–Kier alpha value is -1.12. The summed E-state index contributed by atoms with van der Waals surface area (Å²) in [6, 6.07) is 0.426. The highest BCUT2D eigenvalue weighted by Crippen LogP contribution is 2.08. The molecule has 1 heterocycles. The van der Waals surface area contributed by atoms with E-state index in [-0.39, 0.29) is 6.10 Å². The number of nitriles is 1. The summed E-state index contributed by atoms with van der Waals surface area (Å²) >= 11 is 0. The summed E-state index contributed by atoms with van der Waals surface area (Å²) in [5.41, 5.74) is 5.12. The molecule has 5 nitrogen and oxygen atoms in total. The van der Waals surface area contributed by atoms with Crippen LogP contribution in [0.3, 0.4) is 0 Å². The van der Waals surface area contributed by atoms with Gasteiger partial charge in [-0.1, -0.05) is 0 Å².